The van der Waals surface area contributed by atoms with Crippen LogP contribution in [0.1, 0.15) is 13.8 Å². The van der Waals surface area contributed by atoms with E-state index in [-0.39, 0.29) is 0 Å². The fourth-order valence-corrected chi connectivity index (χ4v) is 0. The van der Waals surface area contributed by atoms with Gasteiger partial charge in [-0.2, -0.15) is 0 Å². The molecule has 110 valence electrons. The Kier molecular flexibility index (Phi) is 51.8. The second kappa shape index (κ2) is 30.3. The average Bonchev–Trinajstić information content (AvgIpc) is 2.01. The number of hydrogen-bond donors (Lipinski definition) is 8. The van der Waals surface area contributed by atoms with E-state index in [1.54, 1.807) is 0 Å². The lowest BCUT2D eigenvalue weighted by Gasteiger charge is -1.34. The summed E-state index contributed by atoms with van der Waals surface area (Å²) in [5, 5.41) is 0. The Morgan fingerprint density at radius 3 is 0.444 bits per heavy atom. The lowest BCUT2D eigenvalue weighted by atomic mass is 11.0. The second-order valence-corrected chi connectivity index (χ2v) is 3.03. The third-order valence-corrected chi connectivity index (χ3v) is 0. The van der Waals surface area contributed by atoms with Crippen LogP contribution in [0.3, 0.4) is 0 Å². The first kappa shape index (κ1) is 30.8. The lowest BCUT2D eigenvalue weighted by molar-refractivity contribution is 0.403. The van der Waals surface area contributed by atoms with E-state index in [1.807, 2.05) is 13.8 Å². The Morgan fingerprint density at radius 2 is 0.444 bits per heavy atom. The molecule has 0 aromatic rings. The van der Waals surface area contributed by atoms with Crippen LogP contribution in [0.4, 0.5) is 0 Å². The molecule has 0 aromatic heterocycles. The minimum absolute atomic E-state index is 2.00. The number of rotatable bonds is 0. The van der Waals surface area contributed by atoms with Gasteiger partial charge in [0.15, 0.2) is 0 Å². The highest BCUT2D eigenvalue weighted by Gasteiger charge is 1.94. The van der Waals surface area contributed by atoms with Gasteiger partial charge in [0.1, 0.15) is 0 Å². The molecule has 0 aliphatic carbocycles. The molecule has 0 spiro atoms. The van der Waals surface area contributed by atoms with Crippen LogP contribution >= 0.6 is 33.0 Å². The minimum Gasteiger partial charge on any atom is -0.134 e. The van der Waals surface area contributed by atoms with E-state index in [0.717, 1.165) is 0 Å². The Morgan fingerprint density at radius 1 is 0.444 bits per heavy atom. The molecule has 18 heavy (non-hydrogen) atoms. The van der Waals surface area contributed by atoms with Crippen molar-refractivity contribution in [3.05, 3.63) is 0 Å². The first-order valence-electron chi connectivity index (χ1n) is 3.33. The van der Waals surface area contributed by atoms with E-state index in [9.17, 15) is 0 Å². The van der Waals surface area contributed by atoms with Gasteiger partial charge in [-0.1, -0.05) is 13.8 Å². The van der Waals surface area contributed by atoms with Gasteiger partial charge in [0.2, 0.25) is 0 Å². The first-order chi connectivity index (χ1) is 7.93. The van der Waals surface area contributed by atoms with Gasteiger partial charge in [-0.3, -0.25) is 0 Å². The fourth-order valence-electron chi connectivity index (χ4n) is 0. The van der Waals surface area contributed by atoms with E-state index >= 15 is 0 Å². The van der Waals surface area contributed by atoms with Crippen LogP contribution in [0.5, 0.6) is 0 Å². The molecular weight excluding hydrogens is 340 g/mol. The maximum absolute atomic E-state index is 8.70. The molecule has 0 saturated heterocycles. The predicted octanol–water partition coefficient (Wildman–Crippen LogP) is -0.460. The van der Waals surface area contributed by atoms with Crippen LogP contribution in [0, 0.1) is 0 Å². The highest BCUT2D eigenvalue weighted by molar-refractivity contribution is 7.31. The molecule has 0 saturated carbocycles. The molecule has 0 unspecified atom stereocenters. The van der Waals surface area contributed by atoms with Crippen molar-refractivity contribution in [2.45, 2.75) is 13.8 Å². The average molecular weight is 354 g/mol. The van der Waals surface area contributed by atoms with E-state index in [4.69, 9.17) is 57.4 Å². The molecule has 8 N–H and O–H groups in total. The molecule has 0 heterocycles. The molecule has 0 aliphatic heterocycles. The topological polar surface area (TPSA) is 230 Å². The van der Waals surface area contributed by atoms with Crippen LogP contribution in [-0.4, -0.2) is 39.1 Å². The summed E-state index contributed by atoms with van der Waals surface area (Å²) in [6.45, 7) is 4.00. The van der Waals surface area contributed by atoms with Crippen LogP contribution in [-0.2, 0) is 18.3 Å². The fraction of sp³-hybridized carbons (Fsp3) is 1.00. The molecule has 0 radical (unpaired) electrons. The van der Waals surface area contributed by atoms with Crippen molar-refractivity contribution in [3.8, 4) is 0 Å². The zero-order valence-corrected chi connectivity index (χ0v) is 12.6. The van der Waals surface area contributed by atoms with Crippen molar-refractivity contribution in [2.75, 3.05) is 0 Å². The van der Waals surface area contributed by atoms with E-state index in [1.165, 1.54) is 0 Å². The number of hydrogen-bond acceptors (Lipinski definition) is 4. The Labute approximate surface area is 105 Å². The summed E-state index contributed by atoms with van der Waals surface area (Å²) >= 11 is 0. The van der Waals surface area contributed by atoms with Crippen LogP contribution in [0.25, 0.3) is 0 Å². The Hall–Kier alpha value is 0.0800. The first-order valence-corrected chi connectivity index (χ1v) is 7.99. The van der Waals surface area contributed by atoms with Gasteiger partial charge >= 0.3 is 33.0 Å². The van der Waals surface area contributed by atoms with Crippen LogP contribution < -0.4 is 0 Å². The molecule has 12 nitrogen and oxygen atoms in total. The quantitative estimate of drug-likeness (QED) is 0.258. The standard InChI is InChI=1S/C2H6.4HO3P/c1-2;4*1-4(2)3/h1-2H3;4*(H-,1,2,3)/p+4. The summed E-state index contributed by atoms with van der Waals surface area (Å²) in [5.74, 6) is 0. The Balaban J connectivity index is -0.0000000399. The van der Waals surface area contributed by atoms with Crippen molar-refractivity contribution >= 4 is 33.0 Å². The highest BCUT2D eigenvalue weighted by atomic mass is 31.1. The van der Waals surface area contributed by atoms with Gasteiger partial charge < -0.3 is 0 Å². The lowest BCUT2D eigenvalue weighted by Crippen LogP contribution is -1.38. The van der Waals surface area contributed by atoms with Gasteiger partial charge in [-0.25, -0.2) is 0 Å². The summed E-state index contributed by atoms with van der Waals surface area (Å²) in [4.78, 5) is 57.0. The molecule has 0 aliphatic rings. The van der Waals surface area contributed by atoms with Gasteiger partial charge in [0, 0.05) is 18.3 Å². The molecule has 0 rings (SSSR count). The summed E-state index contributed by atoms with van der Waals surface area (Å²) in [6.07, 6.45) is 0. The van der Waals surface area contributed by atoms with Gasteiger partial charge in [0.05, 0.1) is 0 Å². The molecule has 16 heteroatoms. The molecule has 0 atom stereocenters. The largest absolute Gasteiger partial charge is 0.692 e. The van der Waals surface area contributed by atoms with Crippen molar-refractivity contribution in [1.29, 1.82) is 0 Å². The summed E-state index contributed by atoms with van der Waals surface area (Å²) in [5.41, 5.74) is 0. The van der Waals surface area contributed by atoms with E-state index in [0.29, 0.717) is 0 Å². The van der Waals surface area contributed by atoms with Crippen LogP contribution in [0.2, 0.25) is 0 Å². The van der Waals surface area contributed by atoms with Crippen molar-refractivity contribution < 1.29 is 57.4 Å². The zero-order valence-electron chi connectivity index (χ0n) is 9.00. The highest BCUT2D eigenvalue weighted by Crippen LogP contribution is 1.99. The van der Waals surface area contributed by atoms with E-state index < -0.39 is 33.0 Å². The molecule has 0 aromatic carbocycles. The Bertz CT molecular complexity index is 162. The predicted molar refractivity (Wildman–Crippen MR) is 59.5 cm³/mol. The monoisotopic (exact) mass is 354 g/mol. The zero-order chi connectivity index (χ0) is 16.3. The summed E-state index contributed by atoms with van der Waals surface area (Å²) in [6, 6.07) is 0. The maximum atomic E-state index is 8.70. The molecule has 0 fully saturated rings. The molecule has 0 amide bonds. The third kappa shape index (κ3) is 571000. The summed E-state index contributed by atoms with van der Waals surface area (Å²) in [7, 11) is -11.5. The maximum Gasteiger partial charge on any atom is 0.692 e. The van der Waals surface area contributed by atoms with Gasteiger partial charge in [-0.05, 0) is 0 Å². The second-order valence-electron chi connectivity index (χ2n) is 1.01. The van der Waals surface area contributed by atoms with Crippen LogP contribution in [0.15, 0.2) is 0 Å². The van der Waals surface area contributed by atoms with Gasteiger partial charge in [-0.15, -0.1) is 39.1 Å². The normalized spacial score (nSPS) is 6.11. The molecular formula is C2H14O12P4+4. The third-order valence-electron chi connectivity index (χ3n) is 0. The smallest absolute Gasteiger partial charge is 0.134 e. The SMILES string of the molecule is CC.O=[P+](O)O.O=[P+](O)O.O=[P+](O)O.O=[P+](O)O. The van der Waals surface area contributed by atoms with Gasteiger partial charge in [0.25, 0.3) is 0 Å². The minimum atomic E-state index is -2.87. The van der Waals surface area contributed by atoms with E-state index in [2.05, 4.69) is 0 Å². The summed E-state index contributed by atoms with van der Waals surface area (Å²) < 4.78 is 34.8. The molecule has 0 bridgehead atoms. The van der Waals surface area contributed by atoms with Crippen molar-refractivity contribution in [1.82, 2.24) is 0 Å². The van der Waals surface area contributed by atoms with Crippen molar-refractivity contribution in [2.24, 2.45) is 0 Å². The van der Waals surface area contributed by atoms with Crippen molar-refractivity contribution in [3.63, 3.8) is 0 Å².